The number of imidazole rings is 1. The average Bonchev–Trinajstić information content (AvgIpc) is 3.02. The normalized spacial score (nSPS) is 13.8. The summed E-state index contributed by atoms with van der Waals surface area (Å²) in [4.78, 5) is 6.66. The van der Waals surface area contributed by atoms with Gasteiger partial charge in [-0.3, -0.25) is 0 Å². The van der Waals surface area contributed by atoms with Crippen molar-refractivity contribution < 1.29 is 0 Å². The second kappa shape index (κ2) is 5.67. The van der Waals surface area contributed by atoms with Crippen LogP contribution in [0.15, 0.2) is 30.6 Å². The Bertz CT molecular complexity index is 588. The van der Waals surface area contributed by atoms with Crippen LogP contribution in [0.25, 0.3) is 0 Å². The van der Waals surface area contributed by atoms with Crippen molar-refractivity contribution in [3.05, 3.63) is 47.5 Å². The Labute approximate surface area is 120 Å². The van der Waals surface area contributed by atoms with Crippen LogP contribution in [0.1, 0.15) is 17.0 Å². The lowest BCUT2D eigenvalue weighted by Crippen LogP contribution is -2.18. The first-order valence-corrected chi connectivity index (χ1v) is 7.24. The summed E-state index contributed by atoms with van der Waals surface area (Å²) in [7, 11) is 4.20. The third kappa shape index (κ3) is 2.70. The summed E-state index contributed by atoms with van der Waals surface area (Å²) < 4.78 is 2.08. The Kier molecular flexibility index (Phi) is 3.74. The van der Waals surface area contributed by atoms with Crippen molar-refractivity contribution in [1.82, 2.24) is 14.9 Å². The Morgan fingerprint density at radius 1 is 1.30 bits per heavy atom. The van der Waals surface area contributed by atoms with Crippen molar-refractivity contribution in [1.29, 1.82) is 0 Å². The van der Waals surface area contributed by atoms with Crippen LogP contribution in [-0.2, 0) is 26.4 Å². The number of nitrogens with one attached hydrogen (secondary N) is 1. The third-order valence-corrected chi connectivity index (χ3v) is 4.05. The van der Waals surface area contributed by atoms with Crippen LogP contribution in [0.2, 0.25) is 0 Å². The maximum Gasteiger partial charge on any atom is 0.109 e. The molecule has 4 nitrogen and oxygen atoms in total. The molecule has 106 valence electrons. The standard InChI is InChI=1S/C16H22N4/c1-19-9-6-14-11-13(3-4-15(14)19)12-17-7-5-16-18-8-10-20(16)2/h3-4,8,10-11,17H,5-7,9,12H2,1-2H3. The van der Waals surface area contributed by atoms with Crippen molar-refractivity contribution >= 4 is 5.69 Å². The van der Waals surface area contributed by atoms with E-state index in [1.54, 1.807) is 0 Å². The lowest BCUT2D eigenvalue weighted by atomic mass is 10.1. The zero-order valence-corrected chi connectivity index (χ0v) is 12.3. The van der Waals surface area contributed by atoms with Gasteiger partial charge in [-0.25, -0.2) is 4.98 Å². The van der Waals surface area contributed by atoms with E-state index in [1.807, 2.05) is 19.4 Å². The van der Waals surface area contributed by atoms with Gasteiger partial charge < -0.3 is 14.8 Å². The second-order valence-corrected chi connectivity index (χ2v) is 5.52. The van der Waals surface area contributed by atoms with Gasteiger partial charge in [0, 0.05) is 58.2 Å². The summed E-state index contributed by atoms with van der Waals surface area (Å²) in [5, 5.41) is 3.50. The number of rotatable bonds is 5. The van der Waals surface area contributed by atoms with Gasteiger partial charge in [0.15, 0.2) is 0 Å². The molecule has 2 aromatic rings. The molecule has 0 aliphatic carbocycles. The van der Waals surface area contributed by atoms with Crippen LogP contribution in [0.3, 0.4) is 0 Å². The molecule has 0 fully saturated rings. The van der Waals surface area contributed by atoms with E-state index in [-0.39, 0.29) is 0 Å². The smallest absolute Gasteiger partial charge is 0.109 e. The highest BCUT2D eigenvalue weighted by atomic mass is 15.1. The summed E-state index contributed by atoms with van der Waals surface area (Å²) in [6.45, 7) is 3.04. The highest BCUT2D eigenvalue weighted by Gasteiger charge is 2.15. The molecule has 20 heavy (non-hydrogen) atoms. The Hall–Kier alpha value is -1.81. The van der Waals surface area contributed by atoms with Crippen LogP contribution < -0.4 is 10.2 Å². The first-order valence-electron chi connectivity index (χ1n) is 7.24. The molecule has 1 N–H and O–H groups in total. The number of aromatic nitrogens is 2. The number of nitrogens with zero attached hydrogens (tertiary/aromatic N) is 3. The first-order chi connectivity index (χ1) is 9.74. The highest BCUT2D eigenvalue weighted by molar-refractivity contribution is 5.58. The van der Waals surface area contributed by atoms with Crippen LogP contribution in [0.5, 0.6) is 0 Å². The minimum absolute atomic E-state index is 0.932. The molecule has 1 aromatic carbocycles. The predicted octanol–water partition coefficient (Wildman–Crippen LogP) is 1.74. The van der Waals surface area contributed by atoms with Crippen LogP contribution in [-0.4, -0.2) is 29.7 Å². The van der Waals surface area contributed by atoms with Crippen molar-refractivity contribution in [2.75, 3.05) is 25.0 Å². The van der Waals surface area contributed by atoms with E-state index in [1.165, 1.54) is 23.2 Å². The van der Waals surface area contributed by atoms with Gasteiger partial charge in [-0.05, 0) is 23.6 Å². The minimum Gasteiger partial charge on any atom is -0.374 e. The summed E-state index contributed by atoms with van der Waals surface area (Å²) in [5.41, 5.74) is 4.25. The molecule has 1 aliphatic heterocycles. The summed E-state index contributed by atoms with van der Waals surface area (Å²) >= 11 is 0. The highest BCUT2D eigenvalue weighted by Crippen LogP contribution is 2.27. The number of aryl methyl sites for hydroxylation is 1. The minimum atomic E-state index is 0.932. The van der Waals surface area contributed by atoms with Crippen molar-refractivity contribution in [3.8, 4) is 0 Å². The largest absolute Gasteiger partial charge is 0.374 e. The molecule has 0 bridgehead atoms. The molecule has 0 spiro atoms. The molecule has 0 saturated heterocycles. The van der Waals surface area contributed by atoms with Gasteiger partial charge in [0.2, 0.25) is 0 Å². The van der Waals surface area contributed by atoms with Gasteiger partial charge in [0.05, 0.1) is 0 Å². The molecule has 0 saturated carbocycles. The van der Waals surface area contributed by atoms with Gasteiger partial charge in [-0.2, -0.15) is 0 Å². The molecule has 0 unspecified atom stereocenters. The quantitative estimate of drug-likeness (QED) is 0.840. The van der Waals surface area contributed by atoms with Crippen LogP contribution >= 0.6 is 0 Å². The topological polar surface area (TPSA) is 33.1 Å². The molecular formula is C16H22N4. The lowest BCUT2D eigenvalue weighted by molar-refractivity contribution is 0.655. The van der Waals surface area contributed by atoms with Crippen LogP contribution in [0, 0.1) is 0 Å². The molecule has 3 rings (SSSR count). The van der Waals surface area contributed by atoms with E-state index >= 15 is 0 Å². The molecule has 0 amide bonds. The van der Waals surface area contributed by atoms with Gasteiger partial charge in [-0.15, -0.1) is 0 Å². The number of anilines is 1. The van der Waals surface area contributed by atoms with E-state index in [2.05, 4.69) is 45.0 Å². The van der Waals surface area contributed by atoms with Crippen molar-refractivity contribution in [2.24, 2.45) is 7.05 Å². The Morgan fingerprint density at radius 3 is 3.00 bits per heavy atom. The average molecular weight is 270 g/mol. The molecule has 1 aliphatic rings. The van der Waals surface area contributed by atoms with Gasteiger partial charge >= 0.3 is 0 Å². The number of fused-ring (bicyclic) bond motifs is 1. The zero-order chi connectivity index (χ0) is 13.9. The summed E-state index contributed by atoms with van der Waals surface area (Å²) in [5.74, 6) is 1.13. The Morgan fingerprint density at radius 2 is 2.20 bits per heavy atom. The van der Waals surface area contributed by atoms with Crippen molar-refractivity contribution in [2.45, 2.75) is 19.4 Å². The van der Waals surface area contributed by atoms with Gasteiger partial charge in [0.1, 0.15) is 5.82 Å². The number of hydrogen-bond acceptors (Lipinski definition) is 3. The first kappa shape index (κ1) is 13.2. The maximum atomic E-state index is 4.33. The fourth-order valence-electron chi connectivity index (χ4n) is 2.80. The SMILES string of the molecule is CN1CCc2cc(CNCCc3nccn3C)ccc21. The van der Waals surface area contributed by atoms with Gasteiger partial charge in [-0.1, -0.05) is 12.1 Å². The third-order valence-electron chi connectivity index (χ3n) is 4.05. The molecule has 4 heteroatoms. The second-order valence-electron chi connectivity index (χ2n) is 5.52. The molecule has 1 aromatic heterocycles. The number of benzene rings is 1. The van der Waals surface area contributed by atoms with E-state index in [9.17, 15) is 0 Å². The summed E-state index contributed by atoms with van der Waals surface area (Å²) in [6, 6.07) is 6.82. The fourth-order valence-corrected chi connectivity index (χ4v) is 2.80. The molecule has 2 heterocycles. The lowest BCUT2D eigenvalue weighted by Gasteiger charge is -2.12. The van der Waals surface area contributed by atoms with E-state index in [4.69, 9.17) is 0 Å². The maximum absolute atomic E-state index is 4.33. The Balaban J connectivity index is 1.51. The van der Waals surface area contributed by atoms with Crippen molar-refractivity contribution in [3.63, 3.8) is 0 Å². The summed E-state index contributed by atoms with van der Waals surface area (Å²) in [6.07, 6.45) is 5.99. The predicted molar refractivity (Wildman–Crippen MR) is 82.0 cm³/mol. The molecule has 0 atom stereocenters. The monoisotopic (exact) mass is 270 g/mol. The van der Waals surface area contributed by atoms with E-state index in [0.717, 1.165) is 31.9 Å². The molecule has 0 radical (unpaired) electrons. The number of likely N-dealkylation sites (N-methyl/N-ethyl adjacent to an activating group) is 1. The van der Waals surface area contributed by atoms with Gasteiger partial charge in [0.25, 0.3) is 0 Å². The number of hydrogen-bond donors (Lipinski definition) is 1. The molecular weight excluding hydrogens is 248 g/mol. The van der Waals surface area contributed by atoms with E-state index in [0.29, 0.717) is 0 Å². The van der Waals surface area contributed by atoms with E-state index < -0.39 is 0 Å². The fraction of sp³-hybridized carbons (Fsp3) is 0.438. The van der Waals surface area contributed by atoms with Crippen LogP contribution in [0.4, 0.5) is 5.69 Å². The zero-order valence-electron chi connectivity index (χ0n) is 12.3.